The van der Waals surface area contributed by atoms with Gasteiger partial charge in [0.2, 0.25) is 0 Å². The van der Waals surface area contributed by atoms with Crippen LogP contribution >= 0.6 is 0 Å². The molecule has 37 heavy (non-hydrogen) atoms. The minimum atomic E-state index is -5.04. The maximum absolute atomic E-state index is 13.0. The zero-order chi connectivity index (χ0) is 27.2. The number of alkyl halides is 3. The molecule has 0 radical (unpaired) electrons. The quantitative estimate of drug-likeness (QED) is 0.270. The molecule has 0 aliphatic carbocycles. The number of benzene rings is 2. The van der Waals surface area contributed by atoms with Crippen LogP contribution in [-0.4, -0.2) is 42.5 Å². The Bertz CT molecular complexity index is 1200. The lowest BCUT2D eigenvalue weighted by atomic mass is 9.89. The van der Waals surface area contributed by atoms with Crippen molar-refractivity contribution in [1.82, 2.24) is 10.2 Å². The molecule has 1 unspecified atom stereocenters. The number of ether oxygens (including phenoxy) is 3. The molecular formula is C25H26F3N3O6. The van der Waals surface area contributed by atoms with E-state index in [1.807, 2.05) is 42.3 Å². The lowest BCUT2D eigenvalue weighted by molar-refractivity contribution is -0.431. The van der Waals surface area contributed by atoms with Crippen molar-refractivity contribution in [1.29, 1.82) is 0 Å². The number of nitrogens with one attached hydrogen (secondary N) is 1. The molecular weight excluding hydrogens is 495 g/mol. The van der Waals surface area contributed by atoms with Gasteiger partial charge in [0.25, 0.3) is 5.70 Å². The SMILES string of the molecule is CC1=C(OC(=O)OCCN(C)Cc2ccccc2)C(c2ccccc2OC(F)(F)F)C([N+](=O)[O-])=C(C)N1. The highest BCUT2D eigenvalue weighted by atomic mass is 19.4. The number of para-hydroxylation sites is 1. The summed E-state index contributed by atoms with van der Waals surface area (Å²) in [5.74, 6) is -2.39. The Balaban J connectivity index is 1.79. The van der Waals surface area contributed by atoms with E-state index < -0.39 is 34.8 Å². The fourth-order valence-electron chi connectivity index (χ4n) is 3.95. The number of allylic oxidation sites excluding steroid dienone is 2. The molecule has 0 amide bonds. The van der Waals surface area contributed by atoms with E-state index >= 15 is 0 Å². The maximum Gasteiger partial charge on any atom is 0.573 e. The monoisotopic (exact) mass is 521 g/mol. The molecule has 12 heteroatoms. The minimum Gasteiger partial charge on any atom is -0.433 e. The Kier molecular flexibility index (Phi) is 8.77. The zero-order valence-electron chi connectivity index (χ0n) is 20.4. The van der Waals surface area contributed by atoms with Crippen LogP contribution in [0.1, 0.15) is 30.9 Å². The van der Waals surface area contributed by atoms with E-state index in [1.54, 1.807) is 0 Å². The van der Waals surface area contributed by atoms with Crippen molar-refractivity contribution in [2.24, 2.45) is 0 Å². The van der Waals surface area contributed by atoms with Gasteiger partial charge < -0.3 is 19.5 Å². The number of nitro groups is 1. The van der Waals surface area contributed by atoms with E-state index in [0.29, 0.717) is 13.1 Å². The molecule has 9 nitrogen and oxygen atoms in total. The van der Waals surface area contributed by atoms with Crippen LogP contribution in [-0.2, 0) is 16.0 Å². The molecule has 1 aliphatic heterocycles. The number of hydrogen-bond acceptors (Lipinski definition) is 8. The van der Waals surface area contributed by atoms with E-state index in [0.717, 1.165) is 11.6 Å². The van der Waals surface area contributed by atoms with Crippen LogP contribution in [0.25, 0.3) is 0 Å². The van der Waals surface area contributed by atoms with Gasteiger partial charge in [-0.25, -0.2) is 4.79 Å². The largest absolute Gasteiger partial charge is 0.573 e. The van der Waals surface area contributed by atoms with Crippen molar-refractivity contribution >= 4 is 6.16 Å². The summed E-state index contributed by atoms with van der Waals surface area (Å²) in [6, 6.07) is 14.6. The van der Waals surface area contributed by atoms with Gasteiger partial charge in [-0.15, -0.1) is 13.2 Å². The Morgan fingerprint density at radius 1 is 1.08 bits per heavy atom. The third kappa shape index (κ3) is 7.46. The topological polar surface area (TPSA) is 103 Å². The van der Waals surface area contributed by atoms with E-state index in [1.165, 1.54) is 32.0 Å². The molecule has 0 spiro atoms. The molecule has 1 N–H and O–H groups in total. The van der Waals surface area contributed by atoms with Crippen LogP contribution < -0.4 is 10.1 Å². The first-order valence-electron chi connectivity index (χ1n) is 11.2. The fourth-order valence-corrected chi connectivity index (χ4v) is 3.95. The number of dihydropyridines is 1. The van der Waals surface area contributed by atoms with Crippen molar-refractivity contribution in [2.45, 2.75) is 32.7 Å². The van der Waals surface area contributed by atoms with Gasteiger partial charge in [-0.05, 0) is 32.5 Å². The van der Waals surface area contributed by atoms with Gasteiger partial charge in [0.1, 0.15) is 24.0 Å². The summed E-state index contributed by atoms with van der Waals surface area (Å²) in [6.07, 6.45) is -6.19. The second-order valence-electron chi connectivity index (χ2n) is 8.32. The number of nitrogens with zero attached hydrogens (tertiary/aromatic N) is 2. The summed E-state index contributed by atoms with van der Waals surface area (Å²) in [5, 5.41) is 14.7. The number of carbonyl (C=O) groups is 1. The molecule has 0 saturated heterocycles. The summed E-state index contributed by atoms with van der Waals surface area (Å²) in [7, 11) is 1.84. The lowest BCUT2D eigenvalue weighted by Crippen LogP contribution is -2.31. The standard InChI is InChI=1S/C25H26F3N3O6/c1-16-22(31(33)34)21(19-11-7-8-12-20(19)37-25(26,27)28)23(17(2)29-16)36-24(32)35-14-13-30(3)15-18-9-5-4-6-10-18/h4-12,21,29H,13-15H2,1-3H3. The number of halogens is 3. The summed E-state index contributed by atoms with van der Waals surface area (Å²) < 4.78 is 53.8. The number of carbonyl (C=O) groups excluding carboxylic acids is 1. The number of likely N-dealkylation sites (N-methyl/N-ethyl adjacent to an activating group) is 1. The number of rotatable bonds is 9. The average Bonchev–Trinajstić information content (AvgIpc) is 2.80. The van der Waals surface area contributed by atoms with Gasteiger partial charge in [-0.2, -0.15) is 0 Å². The van der Waals surface area contributed by atoms with Crippen LogP contribution in [0.5, 0.6) is 5.75 Å². The normalized spacial score (nSPS) is 15.9. The van der Waals surface area contributed by atoms with Crippen LogP contribution in [0.3, 0.4) is 0 Å². The summed E-state index contributed by atoms with van der Waals surface area (Å²) in [5.41, 5.74) is 0.663. The predicted molar refractivity (Wildman–Crippen MR) is 127 cm³/mol. The Hall–Kier alpha value is -4.06. The molecule has 198 valence electrons. The minimum absolute atomic E-state index is 0.0443. The lowest BCUT2D eigenvalue weighted by Gasteiger charge is -2.27. The van der Waals surface area contributed by atoms with Gasteiger partial charge >= 0.3 is 12.5 Å². The Labute approximate surface area is 211 Å². The summed E-state index contributed by atoms with van der Waals surface area (Å²) in [4.78, 5) is 25.6. The first-order valence-corrected chi connectivity index (χ1v) is 11.2. The Morgan fingerprint density at radius 3 is 2.38 bits per heavy atom. The highest BCUT2D eigenvalue weighted by molar-refractivity contribution is 5.63. The first kappa shape index (κ1) is 27.5. The van der Waals surface area contributed by atoms with Crippen molar-refractivity contribution in [2.75, 3.05) is 20.2 Å². The van der Waals surface area contributed by atoms with Crippen LogP contribution in [0.4, 0.5) is 18.0 Å². The molecule has 1 aliphatic rings. The van der Waals surface area contributed by atoms with E-state index in [4.69, 9.17) is 9.47 Å². The molecule has 0 bridgehead atoms. The second kappa shape index (κ2) is 11.8. The van der Waals surface area contributed by atoms with Crippen LogP contribution in [0, 0.1) is 10.1 Å². The highest BCUT2D eigenvalue weighted by Crippen LogP contribution is 2.43. The van der Waals surface area contributed by atoms with Crippen LogP contribution in [0.2, 0.25) is 0 Å². The van der Waals surface area contributed by atoms with Gasteiger partial charge in [0.05, 0.1) is 16.3 Å². The third-order valence-electron chi connectivity index (χ3n) is 5.50. The summed E-state index contributed by atoms with van der Waals surface area (Å²) >= 11 is 0. The van der Waals surface area contributed by atoms with E-state index in [-0.39, 0.29) is 29.3 Å². The van der Waals surface area contributed by atoms with Crippen molar-refractivity contribution in [3.63, 3.8) is 0 Å². The van der Waals surface area contributed by atoms with Gasteiger partial charge in [-0.3, -0.25) is 15.0 Å². The number of hydrogen-bond donors (Lipinski definition) is 1. The predicted octanol–water partition coefficient (Wildman–Crippen LogP) is 5.30. The smallest absolute Gasteiger partial charge is 0.433 e. The molecule has 3 rings (SSSR count). The second-order valence-corrected chi connectivity index (χ2v) is 8.32. The van der Waals surface area contributed by atoms with Crippen molar-refractivity contribution < 1.29 is 37.1 Å². The molecule has 1 heterocycles. The maximum atomic E-state index is 13.0. The molecule has 0 aromatic heterocycles. The van der Waals surface area contributed by atoms with Gasteiger partial charge in [-0.1, -0.05) is 48.5 Å². The highest BCUT2D eigenvalue weighted by Gasteiger charge is 2.43. The molecule has 2 aromatic rings. The molecule has 1 atom stereocenters. The van der Waals surface area contributed by atoms with E-state index in [2.05, 4.69) is 10.1 Å². The van der Waals surface area contributed by atoms with Gasteiger partial charge in [0, 0.05) is 18.7 Å². The van der Waals surface area contributed by atoms with Gasteiger partial charge in [0.15, 0.2) is 0 Å². The van der Waals surface area contributed by atoms with E-state index in [9.17, 15) is 28.1 Å². The first-order chi connectivity index (χ1) is 17.5. The Morgan fingerprint density at radius 2 is 1.73 bits per heavy atom. The average molecular weight is 521 g/mol. The van der Waals surface area contributed by atoms with Crippen LogP contribution in [0.15, 0.2) is 77.4 Å². The fraction of sp³-hybridized carbons (Fsp3) is 0.320. The zero-order valence-corrected chi connectivity index (χ0v) is 20.4. The van der Waals surface area contributed by atoms with Crippen molar-refractivity contribution in [3.8, 4) is 5.75 Å². The van der Waals surface area contributed by atoms with Crippen molar-refractivity contribution in [3.05, 3.63) is 98.7 Å². The molecule has 2 aromatic carbocycles. The molecule has 0 fully saturated rings. The summed E-state index contributed by atoms with van der Waals surface area (Å²) in [6.45, 7) is 3.82. The third-order valence-corrected chi connectivity index (χ3v) is 5.50. The molecule has 0 saturated carbocycles.